The van der Waals surface area contributed by atoms with Crippen LogP contribution in [0.15, 0.2) is 114 Å². The summed E-state index contributed by atoms with van der Waals surface area (Å²) < 4.78 is 19.1. The lowest BCUT2D eigenvalue weighted by atomic mass is 10.1. The molecule has 0 saturated heterocycles. The van der Waals surface area contributed by atoms with Crippen molar-refractivity contribution in [1.29, 1.82) is 0 Å². The molecule has 0 heterocycles. The average Bonchev–Trinajstić information content (AvgIpc) is 3.01. The number of para-hydroxylation sites is 1. The Bertz CT molecular complexity index is 1620. The van der Waals surface area contributed by atoms with Crippen LogP contribution in [-0.4, -0.2) is 36.6 Å². The van der Waals surface area contributed by atoms with Crippen molar-refractivity contribution < 1.29 is 28.3 Å². The fourth-order valence-corrected chi connectivity index (χ4v) is 4.44. The van der Waals surface area contributed by atoms with E-state index in [2.05, 4.69) is 16.0 Å². The van der Waals surface area contributed by atoms with Crippen molar-refractivity contribution in [3.8, 4) is 0 Å². The zero-order valence-electron chi connectivity index (χ0n) is 22.4. The number of halogens is 1. The van der Waals surface area contributed by atoms with Gasteiger partial charge in [0, 0.05) is 21.7 Å². The third-order valence-electron chi connectivity index (χ3n) is 5.82. The summed E-state index contributed by atoms with van der Waals surface area (Å²) in [5.41, 5.74) is 1.36. The Morgan fingerprint density at radius 2 is 1.48 bits per heavy atom. The molecule has 0 unspecified atom stereocenters. The third kappa shape index (κ3) is 8.15. The minimum atomic E-state index is -0.647. The summed E-state index contributed by atoms with van der Waals surface area (Å²) in [5, 5.41) is 7.99. The molecule has 0 aliphatic heterocycles. The van der Waals surface area contributed by atoms with Gasteiger partial charge in [-0.3, -0.25) is 14.4 Å². The van der Waals surface area contributed by atoms with E-state index >= 15 is 0 Å². The second kappa shape index (κ2) is 14.4. The predicted molar refractivity (Wildman–Crippen MR) is 160 cm³/mol. The van der Waals surface area contributed by atoms with E-state index in [-0.39, 0.29) is 28.5 Å². The number of hydrogen-bond donors (Lipinski definition) is 3. The van der Waals surface area contributed by atoms with Crippen LogP contribution < -0.4 is 16.0 Å². The number of nitrogens with one attached hydrogen (secondary N) is 3. The lowest BCUT2D eigenvalue weighted by Crippen LogP contribution is -2.30. The van der Waals surface area contributed by atoms with E-state index in [0.717, 1.165) is 4.90 Å². The number of thioether (sulfide) groups is 1. The van der Waals surface area contributed by atoms with Gasteiger partial charge in [-0.25, -0.2) is 9.18 Å². The van der Waals surface area contributed by atoms with E-state index < -0.39 is 23.6 Å². The fraction of sp³-hybridized carbons (Fsp3) is 0.0625. The maximum atomic E-state index is 14.3. The summed E-state index contributed by atoms with van der Waals surface area (Å²) >= 11 is 1.26. The highest BCUT2D eigenvalue weighted by molar-refractivity contribution is 8.00. The molecule has 0 radical (unpaired) electrons. The second-order valence-corrected chi connectivity index (χ2v) is 9.80. The fourth-order valence-electron chi connectivity index (χ4n) is 3.74. The summed E-state index contributed by atoms with van der Waals surface area (Å²) in [6, 6.07) is 27.5. The lowest BCUT2D eigenvalue weighted by Gasteiger charge is -2.12. The van der Waals surface area contributed by atoms with Gasteiger partial charge >= 0.3 is 5.97 Å². The van der Waals surface area contributed by atoms with E-state index in [9.17, 15) is 23.6 Å². The smallest absolute Gasteiger partial charge is 0.339 e. The number of methoxy groups -OCH3 is 1. The Labute approximate surface area is 246 Å². The SMILES string of the molecule is COC(=O)c1ccccc1NC(=O)CSc1ccc(NC(=O)/C(=C/c2ccccc2F)NC(=O)c2ccccc2)cc1. The summed E-state index contributed by atoms with van der Waals surface area (Å²) in [6.45, 7) is 0. The number of benzene rings is 4. The highest BCUT2D eigenvalue weighted by Gasteiger charge is 2.17. The Morgan fingerprint density at radius 1 is 0.810 bits per heavy atom. The molecule has 10 heteroatoms. The maximum absolute atomic E-state index is 14.3. The first kappa shape index (κ1) is 29.8. The monoisotopic (exact) mass is 583 g/mol. The van der Waals surface area contributed by atoms with Crippen LogP contribution in [0.1, 0.15) is 26.3 Å². The molecule has 3 N–H and O–H groups in total. The number of esters is 1. The van der Waals surface area contributed by atoms with Crippen LogP contribution in [0.25, 0.3) is 6.08 Å². The molecule has 4 aromatic rings. The number of anilines is 2. The molecule has 0 saturated carbocycles. The minimum absolute atomic E-state index is 0.0717. The molecular weight excluding hydrogens is 557 g/mol. The first-order chi connectivity index (χ1) is 20.3. The van der Waals surface area contributed by atoms with Gasteiger partial charge in [-0.05, 0) is 60.7 Å². The Kier molecular flexibility index (Phi) is 10.2. The number of carbonyl (C=O) groups excluding carboxylic acids is 4. The molecule has 4 rings (SSSR count). The number of rotatable bonds is 10. The van der Waals surface area contributed by atoms with Gasteiger partial charge in [0.05, 0.1) is 24.1 Å². The van der Waals surface area contributed by atoms with Crippen LogP contribution >= 0.6 is 11.8 Å². The molecule has 0 bridgehead atoms. The van der Waals surface area contributed by atoms with Gasteiger partial charge in [0.2, 0.25) is 5.91 Å². The number of amides is 3. The standard InChI is InChI=1S/C32H26FN3O5S/c1-41-32(40)25-12-6-8-14-27(25)35-29(37)20-42-24-17-15-23(16-18-24)34-31(39)28(19-22-11-5-7-13-26(22)33)36-30(38)21-9-3-2-4-10-21/h2-19H,20H2,1H3,(H,34,39)(H,35,37)(H,36,38)/b28-19-. The van der Waals surface area contributed by atoms with Crippen LogP contribution in [0.4, 0.5) is 15.8 Å². The van der Waals surface area contributed by atoms with Crippen molar-refractivity contribution >= 4 is 52.9 Å². The third-order valence-corrected chi connectivity index (χ3v) is 6.83. The van der Waals surface area contributed by atoms with Crippen molar-refractivity contribution in [2.45, 2.75) is 4.90 Å². The van der Waals surface area contributed by atoms with Crippen LogP contribution in [0.5, 0.6) is 0 Å². The molecule has 8 nitrogen and oxygen atoms in total. The van der Waals surface area contributed by atoms with Gasteiger partial charge in [0.25, 0.3) is 11.8 Å². The molecule has 42 heavy (non-hydrogen) atoms. The molecule has 0 aromatic heterocycles. The van der Waals surface area contributed by atoms with Gasteiger partial charge in [-0.1, -0.05) is 48.5 Å². The Morgan fingerprint density at radius 3 is 2.19 bits per heavy atom. The van der Waals surface area contributed by atoms with Crippen LogP contribution in [0.2, 0.25) is 0 Å². The Balaban J connectivity index is 1.40. The molecule has 0 atom stereocenters. The first-order valence-electron chi connectivity index (χ1n) is 12.7. The van der Waals surface area contributed by atoms with Gasteiger partial charge in [-0.2, -0.15) is 0 Å². The summed E-state index contributed by atoms with van der Waals surface area (Å²) in [5.74, 6) is -2.51. The van der Waals surface area contributed by atoms with Gasteiger partial charge in [0.1, 0.15) is 11.5 Å². The first-order valence-corrected chi connectivity index (χ1v) is 13.7. The maximum Gasteiger partial charge on any atom is 0.339 e. The zero-order valence-corrected chi connectivity index (χ0v) is 23.2. The zero-order chi connectivity index (χ0) is 29.9. The quantitative estimate of drug-likeness (QED) is 0.124. The molecule has 0 aliphatic rings. The molecule has 3 amide bonds. The number of carbonyl (C=O) groups is 4. The van der Waals surface area contributed by atoms with Crippen molar-refractivity contribution in [2.24, 2.45) is 0 Å². The summed E-state index contributed by atoms with van der Waals surface area (Å²) in [7, 11) is 1.27. The van der Waals surface area contributed by atoms with Crippen molar-refractivity contribution in [3.05, 3.63) is 131 Å². The normalized spacial score (nSPS) is 10.9. The van der Waals surface area contributed by atoms with E-state index in [0.29, 0.717) is 16.9 Å². The second-order valence-electron chi connectivity index (χ2n) is 8.75. The highest BCUT2D eigenvalue weighted by Crippen LogP contribution is 2.22. The molecular formula is C32H26FN3O5S. The number of hydrogen-bond acceptors (Lipinski definition) is 6. The largest absolute Gasteiger partial charge is 0.465 e. The van der Waals surface area contributed by atoms with Crippen molar-refractivity contribution in [3.63, 3.8) is 0 Å². The van der Waals surface area contributed by atoms with Crippen LogP contribution in [0.3, 0.4) is 0 Å². The van der Waals surface area contributed by atoms with Crippen molar-refractivity contribution in [2.75, 3.05) is 23.5 Å². The molecule has 0 spiro atoms. The summed E-state index contributed by atoms with van der Waals surface area (Å²) in [6.07, 6.45) is 1.27. The Hall–Kier alpha value is -5.22. The predicted octanol–water partition coefficient (Wildman–Crippen LogP) is 5.75. The summed E-state index contributed by atoms with van der Waals surface area (Å²) in [4.78, 5) is 51.1. The van der Waals surface area contributed by atoms with Gasteiger partial charge in [-0.15, -0.1) is 11.8 Å². The lowest BCUT2D eigenvalue weighted by molar-refractivity contribution is -0.114. The van der Waals surface area contributed by atoms with Crippen LogP contribution in [0, 0.1) is 5.82 Å². The molecule has 0 aliphatic carbocycles. The van der Waals surface area contributed by atoms with Gasteiger partial charge in [0.15, 0.2) is 0 Å². The molecule has 212 valence electrons. The minimum Gasteiger partial charge on any atom is -0.465 e. The number of ether oxygens (including phenoxy) is 1. The van der Waals surface area contributed by atoms with E-state index in [1.165, 1.54) is 43.1 Å². The van der Waals surface area contributed by atoms with E-state index in [1.54, 1.807) is 84.9 Å². The molecule has 0 fully saturated rings. The van der Waals surface area contributed by atoms with Crippen LogP contribution in [-0.2, 0) is 14.3 Å². The van der Waals surface area contributed by atoms with E-state index in [4.69, 9.17) is 4.74 Å². The highest BCUT2D eigenvalue weighted by atomic mass is 32.2. The van der Waals surface area contributed by atoms with Gasteiger partial charge < -0.3 is 20.7 Å². The molecule has 4 aromatic carbocycles. The van der Waals surface area contributed by atoms with Crippen molar-refractivity contribution in [1.82, 2.24) is 5.32 Å². The average molecular weight is 584 g/mol. The topological polar surface area (TPSA) is 114 Å². The van der Waals surface area contributed by atoms with E-state index in [1.807, 2.05) is 0 Å².